The Hall–Kier alpha value is -2.61. The van der Waals surface area contributed by atoms with Crippen molar-refractivity contribution in [3.05, 3.63) is 23.8 Å². The molecule has 0 aliphatic carbocycles. The maximum absolute atomic E-state index is 13.2. The van der Waals surface area contributed by atoms with Crippen molar-refractivity contribution in [2.45, 2.75) is 24.6 Å². The summed E-state index contributed by atoms with van der Waals surface area (Å²) in [5.41, 5.74) is 0.425. The second-order valence-corrected chi connectivity index (χ2v) is 7.13. The third-order valence-electron chi connectivity index (χ3n) is 5.95. The fourth-order valence-electron chi connectivity index (χ4n) is 4.61. The number of hydrogen-bond acceptors (Lipinski definition) is 5. The van der Waals surface area contributed by atoms with Crippen molar-refractivity contribution >= 4 is 23.4 Å². The number of fused-ring (bicyclic) bond motifs is 1. The normalized spacial score (nSPS) is 29.6. The van der Waals surface area contributed by atoms with Gasteiger partial charge in [-0.05, 0) is 18.2 Å². The number of hydrogen-bond donors (Lipinski definition) is 0. The summed E-state index contributed by atoms with van der Waals surface area (Å²) >= 11 is 0. The molecule has 2 atom stereocenters. The van der Waals surface area contributed by atoms with Crippen molar-refractivity contribution in [2.75, 3.05) is 38.3 Å². The zero-order valence-electron chi connectivity index (χ0n) is 14.4. The topological polar surface area (TPSA) is 79.4 Å². The number of anilines is 1. The van der Waals surface area contributed by atoms with Crippen LogP contribution in [0.3, 0.4) is 0 Å². The van der Waals surface area contributed by atoms with Crippen LogP contribution in [-0.4, -0.2) is 72.6 Å². The predicted octanol–water partition coefficient (Wildman–Crippen LogP) is 0.215. The fourth-order valence-corrected chi connectivity index (χ4v) is 4.61. The number of carbonyl (C=O) groups is 3. The van der Waals surface area contributed by atoms with Crippen molar-refractivity contribution in [1.82, 2.24) is 9.80 Å². The van der Waals surface area contributed by atoms with Crippen LogP contribution in [0.1, 0.15) is 23.2 Å². The molecule has 3 amide bonds. The van der Waals surface area contributed by atoms with Gasteiger partial charge in [0, 0.05) is 32.1 Å². The van der Waals surface area contributed by atoms with Gasteiger partial charge in [-0.2, -0.15) is 0 Å². The minimum Gasteiger partial charge on any atom is -0.482 e. The van der Waals surface area contributed by atoms with Crippen LogP contribution in [-0.2, 0) is 14.3 Å². The first-order chi connectivity index (χ1) is 12.5. The van der Waals surface area contributed by atoms with Gasteiger partial charge in [0.1, 0.15) is 5.75 Å². The van der Waals surface area contributed by atoms with E-state index in [-0.39, 0.29) is 30.4 Å². The monoisotopic (exact) mass is 357 g/mol. The molecule has 0 aromatic heterocycles. The van der Waals surface area contributed by atoms with Gasteiger partial charge in [0.2, 0.25) is 5.91 Å². The van der Waals surface area contributed by atoms with Gasteiger partial charge < -0.3 is 24.2 Å². The van der Waals surface area contributed by atoms with Crippen LogP contribution in [0.25, 0.3) is 0 Å². The average Bonchev–Trinajstić information content (AvgIpc) is 3.29. The van der Waals surface area contributed by atoms with E-state index in [2.05, 4.69) is 0 Å². The molecule has 8 heteroatoms. The third kappa shape index (κ3) is 1.90. The molecule has 3 fully saturated rings. The van der Waals surface area contributed by atoms with E-state index in [1.54, 1.807) is 35.0 Å². The van der Waals surface area contributed by atoms with E-state index in [4.69, 9.17) is 9.47 Å². The van der Waals surface area contributed by atoms with Crippen molar-refractivity contribution in [3.8, 4) is 5.75 Å². The van der Waals surface area contributed by atoms with Crippen molar-refractivity contribution in [3.63, 3.8) is 0 Å². The third-order valence-corrected chi connectivity index (χ3v) is 5.95. The number of rotatable bonds is 1. The molecule has 4 heterocycles. The predicted molar refractivity (Wildman–Crippen MR) is 89.8 cm³/mol. The Morgan fingerprint density at radius 1 is 1.23 bits per heavy atom. The van der Waals surface area contributed by atoms with E-state index < -0.39 is 5.72 Å². The van der Waals surface area contributed by atoms with E-state index in [9.17, 15) is 14.4 Å². The SMILES string of the molecule is CN1C(=O)COc2ccc(C(=O)N3CC[C@@]45OCCN4C(=O)C[C@@H]35)cc21. The summed E-state index contributed by atoms with van der Waals surface area (Å²) in [7, 11) is 1.67. The first-order valence-corrected chi connectivity index (χ1v) is 8.80. The minimum atomic E-state index is -0.642. The summed E-state index contributed by atoms with van der Waals surface area (Å²) in [6.07, 6.45) is 0.944. The highest BCUT2D eigenvalue weighted by atomic mass is 16.5. The lowest BCUT2D eigenvalue weighted by Gasteiger charge is -2.32. The number of carbonyl (C=O) groups excluding carboxylic acids is 3. The highest BCUT2D eigenvalue weighted by molar-refractivity contribution is 6.01. The molecule has 0 bridgehead atoms. The lowest BCUT2D eigenvalue weighted by atomic mass is 10.1. The second kappa shape index (κ2) is 5.20. The summed E-state index contributed by atoms with van der Waals surface area (Å²) in [4.78, 5) is 42.3. The Labute approximate surface area is 150 Å². The minimum absolute atomic E-state index is 0.00278. The van der Waals surface area contributed by atoms with Gasteiger partial charge in [-0.25, -0.2) is 0 Å². The fraction of sp³-hybridized carbons (Fsp3) is 0.500. The molecule has 1 aromatic carbocycles. The Kier molecular flexibility index (Phi) is 3.13. The van der Waals surface area contributed by atoms with E-state index in [1.807, 2.05) is 0 Å². The summed E-state index contributed by atoms with van der Waals surface area (Å²) in [6, 6.07) is 4.86. The number of ether oxygens (including phenoxy) is 2. The van der Waals surface area contributed by atoms with Crippen molar-refractivity contribution in [1.29, 1.82) is 0 Å². The standard InChI is InChI=1S/C18H19N3O5/c1-19-12-8-11(2-3-13(12)25-10-16(19)23)17(24)20-5-4-18-14(20)9-15(22)21(18)6-7-26-18/h2-3,8,14H,4-7,9-10H2,1H3/t14-,18+/m1/s1. The zero-order valence-corrected chi connectivity index (χ0v) is 14.4. The maximum Gasteiger partial charge on any atom is 0.264 e. The Morgan fingerprint density at radius 2 is 2.08 bits per heavy atom. The van der Waals surface area contributed by atoms with Crippen LogP contribution in [0.4, 0.5) is 5.69 Å². The molecule has 8 nitrogen and oxygen atoms in total. The summed E-state index contributed by atoms with van der Waals surface area (Å²) in [5, 5.41) is 0. The molecule has 0 radical (unpaired) electrons. The molecular weight excluding hydrogens is 338 g/mol. The van der Waals surface area contributed by atoms with Gasteiger partial charge in [0.15, 0.2) is 12.3 Å². The van der Waals surface area contributed by atoms with Crippen LogP contribution in [0, 0.1) is 0 Å². The zero-order chi connectivity index (χ0) is 18.1. The molecule has 0 saturated carbocycles. The van der Waals surface area contributed by atoms with Crippen molar-refractivity contribution in [2.24, 2.45) is 0 Å². The number of likely N-dealkylation sites (N-methyl/N-ethyl adjacent to an activating group) is 1. The summed E-state index contributed by atoms with van der Waals surface area (Å²) in [6.45, 7) is 1.67. The van der Waals surface area contributed by atoms with Crippen LogP contribution in [0.2, 0.25) is 0 Å². The van der Waals surface area contributed by atoms with Gasteiger partial charge >= 0.3 is 0 Å². The Balaban J connectivity index is 1.46. The molecule has 136 valence electrons. The average molecular weight is 357 g/mol. The van der Waals surface area contributed by atoms with Crippen LogP contribution >= 0.6 is 0 Å². The quantitative estimate of drug-likeness (QED) is 0.718. The number of benzene rings is 1. The largest absolute Gasteiger partial charge is 0.482 e. The number of nitrogens with zero attached hydrogens (tertiary/aromatic N) is 3. The molecule has 1 spiro atoms. The van der Waals surface area contributed by atoms with Crippen molar-refractivity contribution < 1.29 is 23.9 Å². The summed E-state index contributed by atoms with van der Waals surface area (Å²) < 4.78 is 11.4. The van der Waals surface area contributed by atoms with Crippen LogP contribution < -0.4 is 9.64 Å². The van der Waals surface area contributed by atoms with Gasteiger partial charge in [0.25, 0.3) is 11.8 Å². The Morgan fingerprint density at radius 3 is 2.92 bits per heavy atom. The lowest BCUT2D eigenvalue weighted by molar-refractivity contribution is -0.136. The highest BCUT2D eigenvalue weighted by Crippen LogP contribution is 2.46. The molecule has 26 heavy (non-hydrogen) atoms. The molecule has 5 rings (SSSR count). The van der Waals surface area contributed by atoms with Crippen LogP contribution in [0.5, 0.6) is 5.75 Å². The highest BCUT2D eigenvalue weighted by Gasteiger charge is 2.62. The Bertz CT molecular complexity index is 840. The van der Waals surface area contributed by atoms with Gasteiger partial charge in [0.05, 0.1) is 24.8 Å². The second-order valence-electron chi connectivity index (χ2n) is 7.13. The number of likely N-dealkylation sites (tertiary alicyclic amines) is 1. The molecule has 4 aliphatic rings. The number of amides is 3. The maximum atomic E-state index is 13.2. The molecule has 4 aliphatic heterocycles. The molecular formula is C18H19N3O5. The molecule has 3 saturated heterocycles. The molecule has 1 aromatic rings. The van der Waals surface area contributed by atoms with Gasteiger partial charge in [-0.3, -0.25) is 14.4 Å². The summed E-state index contributed by atoms with van der Waals surface area (Å²) in [5.74, 6) is 0.335. The van der Waals surface area contributed by atoms with E-state index in [1.165, 1.54) is 4.90 Å². The first kappa shape index (κ1) is 15.6. The first-order valence-electron chi connectivity index (χ1n) is 8.80. The van der Waals surface area contributed by atoms with E-state index in [0.29, 0.717) is 49.5 Å². The molecule has 0 N–H and O–H groups in total. The van der Waals surface area contributed by atoms with E-state index >= 15 is 0 Å². The van der Waals surface area contributed by atoms with Gasteiger partial charge in [-0.15, -0.1) is 0 Å². The van der Waals surface area contributed by atoms with E-state index in [0.717, 1.165) is 0 Å². The molecule has 0 unspecified atom stereocenters. The van der Waals surface area contributed by atoms with Gasteiger partial charge in [-0.1, -0.05) is 0 Å². The van der Waals surface area contributed by atoms with Crippen LogP contribution in [0.15, 0.2) is 18.2 Å². The lowest BCUT2D eigenvalue weighted by Crippen LogP contribution is -2.48. The smallest absolute Gasteiger partial charge is 0.264 e.